The first kappa shape index (κ1) is 39.9. The van der Waals surface area contributed by atoms with Crippen LogP contribution in [0.5, 0.6) is 0 Å². The second kappa shape index (κ2) is 16.0. The fourth-order valence-corrected chi connectivity index (χ4v) is 6.13. The maximum absolute atomic E-state index is 14.2. The van der Waals surface area contributed by atoms with E-state index in [0.717, 1.165) is 10.1 Å². The number of aromatic nitrogens is 3. The van der Waals surface area contributed by atoms with Crippen LogP contribution in [0.3, 0.4) is 0 Å². The van der Waals surface area contributed by atoms with E-state index in [9.17, 15) is 33.2 Å². The maximum Gasteiger partial charge on any atom is 0.408 e. The molecule has 0 radical (unpaired) electrons. The van der Waals surface area contributed by atoms with Crippen molar-refractivity contribution in [1.82, 2.24) is 40.3 Å². The number of hydrogen-bond acceptors (Lipinski definition) is 9. The van der Waals surface area contributed by atoms with E-state index in [1.165, 1.54) is 33.9 Å². The van der Waals surface area contributed by atoms with E-state index < -0.39 is 59.3 Å². The average molecular weight is 770 g/mol. The predicted octanol–water partition coefficient (Wildman–Crippen LogP) is 2.85. The highest BCUT2D eigenvalue weighted by Crippen LogP contribution is 2.25. The maximum atomic E-state index is 14.2. The highest BCUT2D eigenvalue weighted by molar-refractivity contribution is 6.30. The molecule has 2 aliphatic rings. The predicted molar refractivity (Wildman–Crippen MR) is 198 cm³/mol. The van der Waals surface area contributed by atoms with Crippen LogP contribution in [0.25, 0.3) is 11.2 Å². The fraction of sp³-hybridized carbons (Fsp3) is 0.500. The second-order valence-electron chi connectivity index (χ2n) is 14.9. The quantitative estimate of drug-likeness (QED) is 0.249. The van der Waals surface area contributed by atoms with Gasteiger partial charge in [0.1, 0.15) is 34.9 Å². The Morgan fingerprint density at radius 3 is 2.37 bits per heavy atom. The summed E-state index contributed by atoms with van der Waals surface area (Å²) in [5, 5.41) is 8.59. The molecule has 2 aromatic heterocycles. The zero-order valence-corrected chi connectivity index (χ0v) is 31.8. The Hall–Kier alpha value is -5.32. The molecule has 5 rings (SSSR count). The first-order valence-electron chi connectivity index (χ1n) is 17.6. The summed E-state index contributed by atoms with van der Waals surface area (Å²) >= 11 is 5.96. The number of ether oxygens (including phenoxy) is 1. The van der Waals surface area contributed by atoms with Crippen LogP contribution in [0.2, 0.25) is 5.02 Å². The van der Waals surface area contributed by atoms with Crippen LogP contribution in [0.4, 0.5) is 19.8 Å². The number of nitrogens with one attached hydrogen (secondary N) is 3. The summed E-state index contributed by atoms with van der Waals surface area (Å²) in [4.78, 5) is 92.0. The third-order valence-corrected chi connectivity index (χ3v) is 9.00. The van der Waals surface area contributed by atoms with Crippen LogP contribution in [0.1, 0.15) is 57.5 Å². The number of pyridine rings is 1. The molecule has 3 aromatic rings. The van der Waals surface area contributed by atoms with Crippen molar-refractivity contribution in [2.24, 2.45) is 5.92 Å². The Kier molecular flexibility index (Phi) is 11.8. The summed E-state index contributed by atoms with van der Waals surface area (Å²) in [5.74, 6) is -1.78. The topological polar surface area (TPSA) is 188 Å². The fourth-order valence-electron chi connectivity index (χ4n) is 6.01. The smallest absolute Gasteiger partial charge is 0.408 e. The molecule has 0 aliphatic carbocycles. The van der Waals surface area contributed by atoms with Gasteiger partial charge in [0, 0.05) is 37.7 Å². The Bertz CT molecular complexity index is 1990. The van der Waals surface area contributed by atoms with Crippen molar-refractivity contribution in [3.63, 3.8) is 0 Å². The highest BCUT2D eigenvalue weighted by Gasteiger charge is 2.41. The van der Waals surface area contributed by atoms with Crippen molar-refractivity contribution in [3.05, 3.63) is 63.0 Å². The number of fused-ring (bicyclic) bond motifs is 1. The molecule has 4 heterocycles. The van der Waals surface area contributed by atoms with Gasteiger partial charge in [0.2, 0.25) is 11.8 Å². The average Bonchev–Trinajstić information content (AvgIpc) is 3.44. The molecule has 2 saturated heterocycles. The van der Waals surface area contributed by atoms with Crippen LogP contribution in [0, 0.1) is 5.92 Å². The van der Waals surface area contributed by atoms with Crippen LogP contribution >= 0.6 is 11.6 Å². The lowest BCUT2D eigenvalue weighted by Crippen LogP contribution is -2.60. The molecular formula is C36H45ClFN9O7. The summed E-state index contributed by atoms with van der Waals surface area (Å²) in [6, 6.07) is 6.77. The van der Waals surface area contributed by atoms with Gasteiger partial charge in [-0.05, 0) is 57.4 Å². The van der Waals surface area contributed by atoms with E-state index in [1.54, 1.807) is 58.9 Å². The van der Waals surface area contributed by atoms with Crippen molar-refractivity contribution in [2.45, 2.75) is 71.9 Å². The highest BCUT2D eigenvalue weighted by atomic mass is 35.5. The Morgan fingerprint density at radius 1 is 1.06 bits per heavy atom. The summed E-state index contributed by atoms with van der Waals surface area (Å²) in [6.45, 7) is 10.2. The van der Waals surface area contributed by atoms with Crippen LogP contribution < -0.4 is 26.4 Å². The van der Waals surface area contributed by atoms with Crippen molar-refractivity contribution in [3.8, 4) is 0 Å². The lowest BCUT2D eigenvalue weighted by atomic mass is 9.99. The number of halogens is 2. The van der Waals surface area contributed by atoms with E-state index >= 15 is 0 Å². The number of nitrogens with zero attached hydrogens (tertiary/aromatic N) is 6. The standard InChI is InChI=1S/C36H45ClFN9O7/c1-21(2)28(43-33(52)54-35(3,4)5)31(50)39-11-12-44-13-14-46(34(44)53)26-17-40-29-25(42-26)15-24(30(49)41-16-22-7-9-23(37)10-8-22)32(51)47(29)18-27(48)45-19-36(6,38)20-45/h7-10,15,17,21,28H,11-14,16,18-20H2,1-6H3,(H,39,50)(H,41,49)(H,43,52)/t28-/m0/s1. The first-order valence-corrected chi connectivity index (χ1v) is 17.9. The van der Waals surface area contributed by atoms with E-state index in [-0.39, 0.29) is 67.7 Å². The third-order valence-electron chi connectivity index (χ3n) is 8.75. The van der Waals surface area contributed by atoms with Gasteiger partial charge in [0.05, 0.1) is 19.3 Å². The Morgan fingerprint density at radius 2 is 1.74 bits per heavy atom. The van der Waals surface area contributed by atoms with Crippen LogP contribution in [-0.4, -0.2) is 111 Å². The van der Waals surface area contributed by atoms with Gasteiger partial charge < -0.3 is 30.5 Å². The minimum Gasteiger partial charge on any atom is -0.444 e. The van der Waals surface area contributed by atoms with Gasteiger partial charge in [0.25, 0.3) is 11.5 Å². The largest absolute Gasteiger partial charge is 0.444 e. The molecule has 16 nitrogen and oxygen atoms in total. The molecule has 6 amide bonds. The van der Waals surface area contributed by atoms with E-state index in [0.29, 0.717) is 11.6 Å². The number of anilines is 1. The molecule has 0 bridgehead atoms. The second-order valence-corrected chi connectivity index (χ2v) is 15.4. The number of benzene rings is 1. The number of rotatable bonds is 12. The number of carbonyl (C=O) groups excluding carboxylic acids is 5. The molecule has 3 N–H and O–H groups in total. The zero-order chi connectivity index (χ0) is 39.5. The first-order chi connectivity index (χ1) is 25.3. The lowest BCUT2D eigenvalue weighted by Gasteiger charge is -2.42. The van der Waals surface area contributed by atoms with E-state index in [2.05, 4.69) is 25.9 Å². The minimum atomic E-state index is -1.53. The SMILES string of the molecule is CC(C)[C@H](NC(=O)OC(C)(C)C)C(=O)NCCN1CCN(c2cnc3c(cc(C(=O)NCc4ccc(Cl)cc4)c(=O)n3CC(=O)N3CC(C)(F)C3)n2)C1=O. The van der Waals surface area contributed by atoms with Crippen molar-refractivity contribution in [1.29, 1.82) is 0 Å². The van der Waals surface area contributed by atoms with Gasteiger partial charge in [-0.15, -0.1) is 0 Å². The summed E-state index contributed by atoms with van der Waals surface area (Å²) in [6.07, 6.45) is 0.581. The van der Waals surface area contributed by atoms with Crippen molar-refractivity contribution in [2.75, 3.05) is 44.2 Å². The summed E-state index contributed by atoms with van der Waals surface area (Å²) < 4.78 is 20.5. The molecule has 18 heteroatoms. The third kappa shape index (κ3) is 9.61. The van der Waals surface area contributed by atoms with Gasteiger partial charge in [0.15, 0.2) is 11.5 Å². The molecule has 0 saturated carbocycles. The zero-order valence-electron chi connectivity index (χ0n) is 31.1. The van der Waals surface area contributed by atoms with Gasteiger partial charge in [-0.25, -0.2) is 23.9 Å². The van der Waals surface area contributed by atoms with Gasteiger partial charge in [-0.2, -0.15) is 0 Å². The normalized spacial score (nSPS) is 15.9. The monoisotopic (exact) mass is 769 g/mol. The number of amides is 6. The Labute approximate surface area is 316 Å². The molecule has 54 heavy (non-hydrogen) atoms. The van der Waals surface area contributed by atoms with E-state index in [1.807, 2.05) is 0 Å². The number of alkyl carbamates (subject to hydrolysis) is 1. The molecule has 0 spiro atoms. The van der Waals surface area contributed by atoms with Crippen LogP contribution in [-0.2, 0) is 27.4 Å². The molecule has 1 atom stereocenters. The van der Waals surface area contributed by atoms with Gasteiger partial charge in [-0.1, -0.05) is 37.6 Å². The number of hydrogen-bond donors (Lipinski definition) is 3. The minimum absolute atomic E-state index is 0.000738. The van der Waals surface area contributed by atoms with Crippen molar-refractivity contribution >= 4 is 58.4 Å². The van der Waals surface area contributed by atoms with Gasteiger partial charge >= 0.3 is 12.1 Å². The number of urea groups is 1. The molecule has 1 aromatic carbocycles. The summed E-state index contributed by atoms with van der Waals surface area (Å²) in [7, 11) is 0. The number of carbonyl (C=O) groups is 5. The molecule has 2 fully saturated rings. The Balaban J connectivity index is 1.31. The van der Waals surface area contributed by atoms with E-state index in [4.69, 9.17) is 16.3 Å². The van der Waals surface area contributed by atoms with Crippen molar-refractivity contribution < 1.29 is 33.1 Å². The number of alkyl halides is 1. The summed E-state index contributed by atoms with van der Waals surface area (Å²) in [5.41, 5.74) is -2.55. The molecule has 2 aliphatic heterocycles. The van der Waals surface area contributed by atoms with Crippen LogP contribution in [0.15, 0.2) is 41.3 Å². The number of likely N-dealkylation sites (tertiary alicyclic amines) is 1. The molecule has 0 unspecified atom stereocenters. The molecular weight excluding hydrogens is 725 g/mol. The lowest BCUT2D eigenvalue weighted by molar-refractivity contribution is -0.144. The van der Waals surface area contributed by atoms with Gasteiger partial charge in [-0.3, -0.25) is 28.6 Å². The molecule has 290 valence electrons.